The third kappa shape index (κ3) is 3.03. The van der Waals surface area contributed by atoms with Gasteiger partial charge >= 0.3 is 5.97 Å². The number of aromatic amines is 1. The van der Waals surface area contributed by atoms with Crippen LogP contribution < -0.4 is 10.3 Å². The summed E-state index contributed by atoms with van der Waals surface area (Å²) in [6.45, 7) is 2.09. The lowest BCUT2D eigenvalue weighted by molar-refractivity contribution is 0.0694. The van der Waals surface area contributed by atoms with Gasteiger partial charge < -0.3 is 14.8 Å². The highest BCUT2D eigenvalue weighted by Gasteiger charge is 2.10. The fourth-order valence-electron chi connectivity index (χ4n) is 1.74. The quantitative estimate of drug-likeness (QED) is 0.864. The van der Waals surface area contributed by atoms with Gasteiger partial charge in [-0.25, -0.2) is 9.78 Å². The first-order valence-corrected chi connectivity index (χ1v) is 6.14. The minimum absolute atomic E-state index is 0.0755. The Hall–Kier alpha value is -2.63. The molecule has 0 fully saturated rings. The number of aromatic carboxylic acids is 1. The van der Waals surface area contributed by atoms with Crippen molar-refractivity contribution in [3.05, 3.63) is 57.8 Å². The van der Waals surface area contributed by atoms with Crippen LogP contribution in [-0.4, -0.2) is 21.0 Å². The van der Waals surface area contributed by atoms with Crippen LogP contribution in [0.25, 0.3) is 0 Å². The number of aromatic nitrogens is 2. The Kier molecular flexibility index (Phi) is 4.14. The lowest BCUT2D eigenvalue weighted by Gasteiger charge is -2.09. The molecule has 2 rings (SSSR count). The van der Waals surface area contributed by atoms with Gasteiger partial charge in [-0.2, -0.15) is 0 Å². The van der Waals surface area contributed by atoms with Gasteiger partial charge in [0.1, 0.15) is 23.7 Å². The molecular formula is C14H14N2O4. The van der Waals surface area contributed by atoms with Gasteiger partial charge in [0.15, 0.2) is 0 Å². The van der Waals surface area contributed by atoms with Crippen LogP contribution in [-0.2, 0) is 13.0 Å². The fourth-order valence-corrected chi connectivity index (χ4v) is 1.74. The molecule has 0 saturated carbocycles. The average molecular weight is 274 g/mol. The number of aryl methyl sites for hydroxylation is 1. The summed E-state index contributed by atoms with van der Waals surface area (Å²) in [4.78, 5) is 28.5. The number of H-pyrrole nitrogens is 1. The van der Waals surface area contributed by atoms with E-state index in [0.717, 1.165) is 23.9 Å². The molecule has 0 unspecified atom stereocenters. The molecular weight excluding hydrogens is 260 g/mol. The molecule has 1 heterocycles. The number of ether oxygens (including phenoxy) is 1. The van der Waals surface area contributed by atoms with Gasteiger partial charge in [-0.15, -0.1) is 0 Å². The number of benzene rings is 1. The van der Waals surface area contributed by atoms with Crippen molar-refractivity contribution >= 4 is 5.97 Å². The van der Waals surface area contributed by atoms with Gasteiger partial charge in [0.25, 0.3) is 5.56 Å². The highest BCUT2D eigenvalue weighted by atomic mass is 16.5. The lowest BCUT2D eigenvalue weighted by Crippen LogP contribution is -2.20. The SMILES string of the molecule is CCc1ccccc1OCc1ncc(C(=O)O)c(=O)[nH]1. The Morgan fingerprint density at radius 3 is 2.80 bits per heavy atom. The van der Waals surface area contributed by atoms with Gasteiger partial charge in [0, 0.05) is 6.20 Å². The van der Waals surface area contributed by atoms with Crippen LogP contribution in [0.5, 0.6) is 5.75 Å². The van der Waals surface area contributed by atoms with Crippen LogP contribution in [0.1, 0.15) is 28.7 Å². The zero-order valence-corrected chi connectivity index (χ0v) is 10.9. The van der Waals surface area contributed by atoms with E-state index in [1.807, 2.05) is 31.2 Å². The van der Waals surface area contributed by atoms with Crippen molar-refractivity contribution in [3.63, 3.8) is 0 Å². The summed E-state index contributed by atoms with van der Waals surface area (Å²) >= 11 is 0. The predicted octanol–water partition coefficient (Wildman–Crippen LogP) is 1.61. The van der Waals surface area contributed by atoms with Crippen LogP contribution in [0.2, 0.25) is 0 Å². The molecule has 0 radical (unpaired) electrons. The van der Waals surface area contributed by atoms with E-state index in [1.165, 1.54) is 0 Å². The van der Waals surface area contributed by atoms with Crippen molar-refractivity contribution in [2.45, 2.75) is 20.0 Å². The number of rotatable bonds is 5. The van der Waals surface area contributed by atoms with Crippen LogP contribution in [0.4, 0.5) is 0 Å². The highest BCUT2D eigenvalue weighted by molar-refractivity contribution is 5.86. The summed E-state index contributed by atoms with van der Waals surface area (Å²) in [6, 6.07) is 7.58. The third-order valence-corrected chi connectivity index (χ3v) is 2.80. The standard InChI is InChI=1S/C14H14N2O4/c1-2-9-5-3-4-6-11(9)20-8-12-15-7-10(14(18)19)13(17)16-12/h3-7H,2,8H2,1H3,(H,18,19)(H,15,16,17). The molecule has 6 heteroatoms. The molecule has 1 aromatic heterocycles. The Morgan fingerprint density at radius 1 is 1.40 bits per heavy atom. The minimum Gasteiger partial charge on any atom is -0.485 e. The second-order valence-electron chi connectivity index (χ2n) is 4.13. The molecule has 0 aliphatic heterocycles. The molecule has 0 amide bonds. The maximum Gasteiger partial charge on any atom is 0.342 e. The van der Waals surface area contributed by atoms with Crippen LogP contribution in [0, 0.1) is 0 Å². The second kappa shape index (κ2) is 6.01. The predicted molar refractivity (Wildman–Crippen MR) is 72.0 cm³/mol. The highest BCUT2D eigenvalue weighted by Crippen LogP contribution is 2.18. The Labute approximate surface area is 115 Å². The molecule has 0 atom stereocenters. The van der Waals surface area contributed by atoms with Crippen molar-refractivity contribution in [1.82, 2.24) is 9.97 Å². The Morgan fingerprint density at radius 2 is 2.15 bits per heavy atom. The van der Waals surface area contributed by atoms with Gasteiger partial charge in [0.05, 0.1) is 0 Å². The molecule has 0 saturated heterocycles. The molecule has 2 aromatic rings. The number of carboxylic acid groups (broad SMARTS) is 1. The summed E-state index contributed by atoms with van der Waals surface area (Å²) in [5.74, 6) is -0.298. The van der Waals surface area contributed by atoms with Crippen molar-refractivity contribution < 1.29 is 14.6 Å². The van der Waals surface area contributed by atoms with Gasteiger partial charge in [-0.05, 0) is 18.1 Å². The number of carboxylic acids is 1. The Balaban J connectivity index is 2.13. The normalized spacial score (nSPS) is 10.2. The maximum absolute atomic E-state index is 11.5. The molecule has 1 aromatic carbocycles. The number of hydrogen-bond donors (Lipinski definition) is 2. The van der Waals surface area contributed by atoms with E-state index in [2.05, 4.69) is 9.97 Å². The van der Waals surface area contributed by atoms with E-state index in [0.29, 0.717) is 0 Å². The van der Waals surface area contributed by atoms with Crippen LogP contribution in [0.3, 0.4) is 0 Å². The number of carbonyl (C=O) groups is 1. The summed E-state index contributed by atoms with van der Waals surface area (Å²) in [6.07, 6.45) is 1.86. The van der Waals surface area contributed by atoms with E-state index in [-0.39, 0.29) is 18.0 Å². The van der Waals surface area contributed by atoms with Crippen molar-refractivity contribution in [3.8, 4) is 5.75 Å². The largest absolute Gasteiger partial charge is 0.485 e. The van der Waals surface area contributed by atoms with E-state index in [9.17, 15) is 9.59 Å². The number of nitrogens with zero attached hydrogens (tertiary/aromatic N) is 1. The van der Waals surface area contributed by atoms with Crippen LogP contribution in [0.15, 0.2) is 35.3 Å². The molecule has 20 heavy (non-hydrogen) atoms. The second-order valence-corrected chi connectivity index (χ2v) is 4.13. The average Bonchev–Trinajstić information content (AvgIpc) is 2.45. The number of para-hydroxylation sites is 1. The van der Waals surface area contributed by atoms with E-state index >= 15 is 0 Å². The van der Waals surface area contributed by atoms with Gasteiger partial charge in [-0.3, -0.25) is 4.79 Å². The third-order valence-electron chi connectivity index (χ3n) is 2.80. The topological polar surface area (TPSA) is 92.3 Å². The van der Waals surface area contributed by atoms with Crippen LogP contribution >= 0.6 is 0 Å². The lowest BCUT2D eigenvalue weighted by atomic mass is 10.1. The van der Waals surface area contributed by atoms with Gasteiger partial charge in [-0.1, -0.05) is 25.1 Å². The molecule has 0 spiro atoms. The maximum atomic E-state index is 11.5. The molecule has 2 N–H and O–H groups in total. The molecule has 104 valence electrons. The van der Waals surface area contributed by atoms with Crippen molar-refractivity contribution in [2.75, 3.05) is 0 Å². The summed E-state index contributed by atoms with van der Waals surface area (Å²) in [5.41, 5.74) is -0.0189. The smallest absolute Gasteiger partial charge is 0.342 e. The molecule has 0 aliphatic carbocycles. The summed E-state index contributed by atoms with van der Waals surface area (Å²) < 4.78 is 5.59. The first kappa shape index (κ1) is 13.8. The zero-order valence-electron chi connectivity index (χ0n) is 10.9. The minimum atomic E-state index is -1.30. The van der Waals surface area contributed by atoms with Crippen molar-refractivity contribution in [1.29, 1.82) is 0 Å². The van der Waals surface area contributed by atoms with Gasteiger partial charge in [0.2, 0.25) is 0 Å². The first-order valence-electron chi connectivity index (χ1n) is 6.14. The first-order chi connectivity index (χ1) is 9.61. The zero-order chi connectivity index (χ0) is 14.5. The molecule has 0 aliphatic rings. The van der Waals surface area contributed by atoms with E-state index < -0.39 is 11.5 Å². The number of hydrogen-bond acceptors (Lipinski definition) is 4. The summed E-state index contributed by atoms with van der Waals surface area (Å²) in [7, 11) is 0. The molecule has 6 nitrogen and oxygen atoms in total. The van der Waals surface area contributed by atoms with Crippen molar-refractivity contribution in [2.24, 2.45) is 0 Å². The van der Waals surface area contributed by atoms with E-state index in [1.54, 1.807) is 0 Å². The monoisotopic (exact) mass is 274 g/mol. The fraction of sp³-hybridized carbons (Fsp3) is 0.214. The number of nitrogens with one attached hydrogen (secondary N) is 1. The molecule has 0 bridgehead atoms. The summed E-state index contributed by atoms with van der Waals surface area (Å²) in [5, 5.41) is 8.74. The Bertz CT molecular complexity index is 679. The van der Waals surface area contributed by atoms with E-state index in [4.69, 9.17) is 9.84 Å².